The number of hydrogen-bond donors (Lipinski definition) is 0. The SMILES string of the molecule is CC1Cc2ccc3c(sc4c(-c5ccccc5)nccc43)c2CC1C. The van der Waals surface area contributed by atoms with Crippen LogP contribution in [0.3, 0.4) is 0 Å². The number of nitrogens with zero attached hydrogens (tertiary/aromatic N) is 1. The van der Waals surface area contributed by atoms with Gasteiger partial charge in [0.05, 0.1) is 10.4 Å². The standard InChI is InChI=1S/C23H21NS/c1-14-12-17-8-9-18-19-10-11-24-21(16-6-4-3-5-7-16)23(19)25-22(18)20(17)13-15(14)2/h3-11,14-15H,12-13H2,1-2H3. The lowest BCUT2D eigenvalue weighted by molar-refractivity contribution is 0.363. The highest BCUT2D eigenvalue weighted by molar-refractivity contribution is 7.26. The van der Waals surface area contributed by atoms with Crippen LogP contribution in [0.5, 0.6) is 0 Å². The van der Waals surface area contributed by atoms with Gasteiger partial charge in [0, 0.05) is 27.2 Å². The molecular formula is C23H21NS. The number of fused-ring (bicyclic) bond motifs is 5. The summed E-state index contributed by atoms with van der Waals surface area (Å²) in [4.78, 5) is 4.72. The van der Waals surface area contributed by atoms with Crippen molar-refractivity contribution in [1.29, 1.82) is 0 Å². The van der Waals surface area contributed by atoms with Crippen LogP contribution in [-0.4, -0.2) is 4.98 Å². The number of rotatable bonds is 1. The predicted molar refractivity (Wildman–Crippen MR) is 108 cm³/mol. The first-order chi connectivity index (χ1) is 12.2. The number of hydrogen-bond acceptors (Lipinski definition) is 2. The second-order valence-electron chi connectivity index (χ2n) is 7.45. The second kappa shape index (κ2) is 5.67. The summed E-state index contributed by atoms with van der Waals surface area (Å²) in [5.41, 5.74) is 5.46. The topological polar surface area (TPSA) is 12.9 Å². The van der Waals surface area contributed by atoms with Crippen molar-refractivity contribution < 1.29 is 0 Å². The summed E-state index contributed by atoms with van der Waals surface area (Å²) in [7, 11) is 0. The zero-order chi connectivity index (χ0) is 17.0. The van der Waals surface area contributed by atoms with Crippen molar-refractivity contribution in [2.45, 2.75) is 26.7 Å². The molecule has 5 rings (SSSR count). The van der Waals surface area contributed by atoms with Crippen LogP contribution in [0.1, 0.15) is 25.0 Å². The van der Waals surface area contributed by atoms with E-state index < -0.39 is 0 Å². The van der Waals surface area contributed by atoms with Crippen molar-refractivity contribution in [3.63, 3.8) is 0 Å². The summed E-state index contributed by atoms with van der Waals surface area (Å²) in [5, 5.41) is 2.75. The zero-order valence-corrected chi connectivity index (χ0v) is 15.4. The minimum absolute atomic E-state index is 0.759. The second-order valence-corrected chi connectivity index (χ2v) is 8.47. The van der Waals surface area contributed by atoms with Gasteiger partial charge in [0.1, 0.15) is 0 Å². The third-order valence-electron chi connectivity index (χ3n) is 5.84. The molecule has 2 heterocycles. The fourth-order valence-electron chi connectivity index (χ4n) is 4.15. The van der Waals surface area contributed by atoms with Crippen molar-refractivity contribution >= 4 is 31.5 Å². The Hall–Kier alpha value is -2.19. The molecule has 0 bridgehead atoms. The summed E-state index contributed by atoms with van der Waals surface area (Å²) < 4.78 is 2.81. The maximum Gasteiger partial charge on any atom is 0.0880 e. The Morgan fingerprint density at radius 3 is 2.44 bits per heavy atom. The van der Waals surface area contributed by atoms with E-state index in [4.69, 9.17) is 4.98 Å². The molecule has 25 heavy (non-hydrogen) atoms. The van der Waals surface area contributed by atoms with E-state index in [-0.39, 0.29) is 0 Å². The van der Waals surface area contributed by atoms with Crippen LogP contribution in [-0.2, 0) is 12.8 Å². The highest BCUT2D eigenvalue weighted by Gasteiger charge is 2.25. The third-order valence-corrected chi connectivity index (χ3v) is 7.13. The van der Waals surface area contributed by atoms with Crippen LogP contribution < -0.4 is 0 Å². The molecule has 0 amide bonds. The van der Waals surface area contributed by atoms with E-state index in [9.17, 15) is 0 Å². The molecule has 0 saturated carbocycles. The highest BCUT2D eigenvalue weighted by atomic mass is 32.1. The third kappa shape index (κ3) is 2.31. The smallest absolute Gasteiger partial charge is 0.0880 e. The van der Waals surface area contributed by atoms with Gasteiger partial charge in [-0.15, -0.1) is 11.3 Å². The highest BCUT2D eigenvalue weighted by Crippen LogP contribution is 2.43. The number of thiophene rings is 1. The molecule has 124 valence electrons. The Balaban J connectivity index is 1.81. The average molecular weight is 343 g/mol. The van der Waals surface area contributed by atoms with Crippen molar-refractivity contribution in [3.8, 4) is 11.3 Å². The number of aromatic nitrogens is 1. The monoisotopic (exact) mass is 343 g/mol. The molecule has 0 fully saturated rings. The Labute approximate surface area is 152 Å². The van der Waals surface area contributed by atoms with Crippen LogP contribution in [0.25, 0.3) is 31.4 Å². The van der Waals surface area contributed by atoms with Crippen LogP contribution in [0, 0.1) is 11.8 Å². The van der Waals surface area contributed by atoms with Crippen molar-refractivity contribution in [1.82, 2.24) is 4.98 Å². The van der Waals surface area contributed by atoms with Crippen LogP contribution in [0.2, 0.25) is 0 Å². The lowest BCUT2D eigenvalue weighted by Crippen LogP contribution is -2.20. The van der Waals surface area contributed by atoms with Crippen molar-refractivity contribution in [3.05, 3.63) is 65.9 Å². The molecule has 4 aromatic rings. The van der Waals surface area contributed by atoms with Gasteiger partial charge in [0.25, 0.3) is 0 Å². The van der Waals surface area contributed by atoms with E-state index in [0.717, 1.165) is 17.5 Å². The van der Waals surface area contributed by atoms with Gasteiger partial charge >= 0.3 is 0 Å². The van der Waals surface area contributed by atoms with E-state index >= 15 is 0 Å². The molecule has 1 aliphatic rings. The van der Waals surface area contributed by atoms with Gasteiger partial charge in [-0.1, -0.05) is 56.3 Å². The number of pyridine rings is 1. The fraction of sp³-hybridized carbons (Fsp3) is 0.261. The van der Waals surface area contributed by atoms with Crippen LogP contribution in [0.4, 0.5) is 0 Å². The molecule has 2 aromatic carbocycles. The van der Waals surface area contributed by atoms with Crippen LogP contribution in [0.15, 0.2) is 54.7 Å². The fourth-order valence-corrected chi connectivity index (χ4v) is 5.54. The summed E-state index contributed by atoms with van der Waals surface area (Å²) in [6, 6.07) is 17.5. The summed E-state index contributed by atoms with van der Waals surface area (Å²) in [6.07, 6.45) is 4.38. The molecule has 2 aromatic heterocycles. The van der Waals surface area contributed by atoms with Crippen molar-refractivity contribution in [2.75, 3.05) is 0 Å². The first-order valence-electron chi connectivity index (χ1n) is 9.10. The van der Waals surface area contributed by atoms with E-state index in [1.54, 1.807) is 11.1 Å². The van der Waals surface area contributed by atoms with Gasteiger partial charge in [-0.25, -0.2) is 0 Å². The first-order valence-corrected chi connectivity index (χ1v) is 9.91. The van der Waals surface area contributed by atoms with E-state index in [1.807, 2.05) is 17.5 Å². The van der Waals surface area contributed by atoms with Gasteiger partial charge in [-0.2, -0.15) is 0 Å². The Morgan fingerprint density at radius 1 is 0.840 bits per heavy atom. The van der Waals surface area contributed by atoms with Crippen molar-refractivity contribution in [2.24, 2.45) is 11.8 Å². The van der Waals surface area contributed by atoms with Gasteiger partial charge in [0.2, 0.25) is 0 Å². The minimum Gasteiger partial charge on any atom is -0.255 e. The van der Waals surface area contributed by atoms with Gasteiger partial charge in [-0.05, 0) is 41.9 Å². The Kier molecular flexibility index (Phi) is 3.42. The molecule has 1 nitrogen and oxygen atoms in total. The molecule has 2 atom stereocenters. The average Bonchev–Trinajstić information content (AvgIpc) is 3.03. The van der Waals surface area contributed by atoms with Gasteiger partial charge in [-0.3, -0.25) is 4.98 Å². The molecule has 0 spiro atoms. The normalized spacial score (nSPS) is 20.1. The van der Waals surface area contributed by atoms with E-state index in [1.165, 1.54) is 38.6 Å². The quantitative estimate of drug-likeness (QED) is 0.385. The predicted octanol–water partition coefficient (Wildman–Crippen LogP) is 6.49. The van der Waals surface area contributed by atoms with Crippen LogP contribution >= 0.6 is 11.3 Å². The molecule has 0 radical (unpaired) electrons. The molecule has 2 unspecified atom stereocenters. The summed E-state index contributed by atoms with van der Waals surface area (Å²) in [6.45, 7) is 4.79. The molecule has 0 saturated heterocycles. The molecular weight excluding hydrogens is 322 g/mol. The Morgan fingerprint density at radius 2 is 1.60 bits per heavy atom. The van der Waals surface area contributed by atoms with E-state index in [0.29, 0.717) is 0 Å². The largest absolute Gasteiger partial charge is 0.255 e. The first kappa shape index (κ1) is 15.1. The van der Waals surface area contributed by atoms with E-state index in [2.05, 4.69) is 62.4 Å². The maximum absolute atomic E-state index is 4.72. The number of benzene rings is 2. The van der Waals surface area contributed by atoms with Gasteiger partial charge in [0.15, 0.2) is 0 Å². The summed E-state index contributed by atoms with van der Waals surface area (Å²) in [5.74, 6) is 1.54. The molecule has 0 aliphatic heterocycles. The molecule has 0 N–H and O–H groups in total. The lowest BCUT2D eigenvalue weighted by Gasteiger charge is -2.28. The molecule has 2 heteroatoms. The lowest BCUT2D eigenvalue weighted by atomic mass is 9.77. The minimum atomic E-state index is 0.759. The maximum atomic E-state index is 4.72. The summed E-state index contributed by atoms with van der Waals surface area (Å²) >= 11 is 1.94. The zero-order valence-electron chi connectivity index (χ0n) is 14.6. The molecule has 1 aliphatic carbocycles. The Bertz CT molecular complexity index is 1080. The van der Waals surface area contributed by atoms with Gasteiger partial charge < -0.3 is 0 Å².